The maximum absolute atomic E-state index is 13.7. The number of Topliss-reactive ketones (excluding diaryl/α,β-unsaturated/α-hetero) is 1. The number of ketones is 2. The third-order valence-corrected chi connectivity index (χ3v) is 8.58. The maximum atomic E-state index is 13.7. The molecule has 2 N–H and O–H groups in total. The van der Waals surface area contributed by atoms with E-state index in [-0.39, 0.29) is 41.0 Å². The summed E-state index contributed by atoms with van der Waals surface area (Å²) >= 11 is 0. The average Bonchev–Trinajstić information content (AvgIpc) is 3.84. The number of aromatic nitrogens is 2. The van der Waals surface area contributed by atoms with Crippen molar-refractivity contribution < 1.29 is 27.2 Å². The molecular weight excluding hydrogens is 638 g/mol. The predicted octanol–water partition coefficient (Wildman–Crippen LogP) is 4.17. The first-order chi connectivity index (χ1) is 21.8. The quantitative estimate of drug-likeness (QED) is 0.245. The Bertz CT molecular complexity index is 1560. The molecule has 2 aromatic rings. The molecule has 0 spiro atoms. The number of piperidine rings is 1. The van der Waals surface area contributed by atoms with Gasteiger partial charge in [0, 0.05) is 81.7 Å². The Kier molecular flexibility index (Phi) is 10.1. The highest BCUT2D eigenvalue weighted by Crippen LogP contribution is 2.36. The molecule has 1 aromatic heterocycles. The van der Waals surface area contributed by atoms with E-state index < -0.39 is 17.6 Å². The van der Waals surface area contributed by atoms with Gasteiger partial charge in [0.1, 0.15) is 23.0 Å². The number of hydrogen-bond acceptors (Lipinski definition) is 8. The molecule has 9 nitrogen and oxygen atoms in total. The Morgan fingerprint density at radius 3 is 2.13 bits per heavy atom. The normalized spacial score (nSPS) is 19.7. The van der Waals surface area contributed by atoms with Gasteiger partial charge in [-0.3, -0.25) is 9.59 Å². The lowest BCUT2D eigenvalue weighted by Gasteiger charge is -2.24. The third kappa shape index (κ3) is 8.36. The van der Waals surface area contributed by atoms with E-state index in [0.29, 0.717) is 35.9 Å². The lowest BCUT2D eigenvalue weighted by molar-refractivity contribution is -0.140. The standard InChI is InChI=1S/C21H28F4N4.C12H13N3O2.ClH/c1-20(2,3)27-10-11-29-13-18(28-19(29)14-6-8-26-9-7-14)15-4-5-17(22)16(12-15)21(23,24)25;16-9-7-8(13-1-2-13)12(17)11(15-5-6-15)10(9)14-3-4-14;/h4-5,12-14,26-27H,6-11H2,1-3H3;7H,1-6H2;1H. The van der Waals surface area contributed by atoms with Crippen LogP contribution in [0.1, 0.15) is 50.9 Å². The summed E-state index contributed by atoms with van der Waals surface area (Å²) in [6.07, 6.45) is 0.434. The molecule has 1 aliphatic carbocycles. The van der Waals surface area contributed by atoms with Gasteiger partial charge in [0.25, 0.3) is 0 Å². The Morgan fingerprint density at radius 1 is 0.936 bits per heavy atom. The Morgan fingerprint density at radius 2 is 1.55 bits per heavy atom. The number of benzene rings is 1. The summed E-state index contributed by atoms with van der Waals surface area (Å²) in [5, 5.41) is 6.75. The first-order valence-corrected chi connectivity index (χ1v) is 16.0. The monoisotopic (exact) mass is 679 g/mol. The summed E-state index contributed by atoms with van der Waals surface area (Å²) in [5.41, 5.74) is 1.31. The van der Waals surface area contributed by atoms with Crippen molar-refractivity contribution in [2.75, 3.05) is 58.9 Å². The zero-order chi connectivity index (χ0) is 32.8. The molecule has 5 heterocycles. The molecule has 0 atom stereocenters. The highest BCUT2D eigenvalue weighted by atomic mass is 35.5. The largest absolute Gasteiger partial charge is 0.419 e. The molecule has 0 unspecified atom stereocenters. The first kappa shape index (κ1) is 34.9. The van der Waals surface area contributed by atoms with Crippen LogP contribution in [0, 0.1) is 5.82 Å². The van der Waals surface area contributed by atoms with Gasteiger partial charge in [0.2, 0.25) is 11.6 Å². The SMILES string of the molecule is CC(C)(C)NCCn1cc(-c2ccc(F)c(C(F)(F)F)c2)nc1C1CCNCC1.Cl.O=C1C=C(N2CC2)C(=O)C(N2CC2)=C1N1CC1. The molecule has 256 valence electrons. The van der Waals surface area contributed by atoms with Gasteiger partial charge in [-0.1, -0.05) is 0 Å². The second kappa shape index (κ2) is 13.6. The molecule has 0 bridgehead atoms. The van der Waals surface area contributed by atoms with Crippen LogP contribution in [0.15, 0.2) is 47.6 Å². The second-order valence-corrected chi connectivity index (χ2v) is 13.5. The number of hydrogen-bond donors (Lipinski definition) is 2. The summed E-state index contributed by atoms with van der Waals surface area (Å²) < 4.78 is 55.1. The number of nitrogens with one attached hydrogen (secondary N) is 2. The Hall–Kier alpha value is -3.42. The van der Waals surface area contributed by atoms with Crippen LogP contribution in [0.25, 0.3) is 11.3 Å². The van der Waals surface area contributed by atoms with Crippen LogP contribution in [0.2, 0.25) is 0 Å². The minimum Gasteiger partial charge on any atom is -0.365 e. The smallest absolute Gasteiger partial charge is 0.365 e. The van der Waals surface area contributed by atoms with Crippen LogP contribution in [0.3, 0.4) is 0 Å². The van der Waals surface area contributed by atoms with Crippen molar-refractivity contribution in [3.8, 4) is 11.3 Å². The molecule has 7 rings (SSSR count). The molecule has 4 aliphatic heterocycles. The summed E-state index contributed by atoms with van der Waals surface area (Å²) in [4.78, 5) is 35.2. The fraction of sp³-hybridized carbons (Fsp3) is 0.545. The molecule has 0 saturated carbocycles. The Labute approximate surface area is 278 Å². The predicted molar refractivity (Wildman–Crippen MR) is 172 cm³/mol. The second-order valence-electron chi connectivity index (χ2n) is 13.5. The maximum Gasteiger partial charge on any atom is 0.419 e. The molecule has 0 amide bonds. The first-order valence-electron chi connectivity index (χ1n) is 16.0. The molecule has 0 radical (unpaired) electrons. The zero-order valence-corrected chi connectivity index (χ0v) is 27.7. The molecule has 4 fully saturated rings. The number of rotatable bonds is 8. The van der Waals surface area contributed by atoms with Crippen molar-refractivity contribution in [3.05, 3.63) is 64.8 Å². The lowest BCUT2D eigenvalue weighted by atomic mass is 9.97. The summed E-state index contributed by atoms with van der Waals surface area (Å²) in [6, 6.07) is 3.07. The van der Waals surface area contributed by atoms with E-state index in [0.717, 1.165) is 83.2 Å². The van der Waals surface area contributed by atoms with E-state index in [2.05, 4.69) is 36.4 Å². The zero-order valence-electron chi connectivity index (χ0n) is 26.9. The van der Waals surface area contributed by atoms with Crippen molar-refractivity contribution in [3.63, 3.8) is 0 Å². The van der Waals surface area contributed by atoms with E-state index >= 15 is 0 Å². The fourth-order valence-electron chi connectivity index (χ4n) is 5.88. The van der Waals surface area contributed by atoms with Crippen molar-refractivity contribution in [2.24, 2.45) is 0 Å². The Balaban J connectivity index is 0.000000203. The van der Waals surface area contributed by atoms with Crippen LogP contribution in [0.4, 0.5) is 17.6 Å². The van der Waals surface area contributed by atoms with E-state index in [1.807, 2.05) is 19.3 Å². The van der Waals surface area contributed by atoms with Crippen molar-refractivity contribution in [1.82, 2.24) is 34.9 Å². The van der Waals surface area contributed by atoms with Gasteiger partial charge in [-0.15, -0.1) is 12.4 Å². The molecule has 47 heavy (non-hydrogen) atoms. The van der Waals surface area contributed by atoms with Gasteiger partial charge in [-0.25, -0.2) is 9.37 Å². The molecule has 1 aromatic carbocycles. The van der Waals surface area contributed by atoms with E-state index in [4.69, 9.17) is 0 Å². The number of nitrogens with zero attached hydrogens (tertiary/aromatic N) is 5. The van der Waals surface area contributed by atoms with Crippen molar-refractivity contribution in [1.29, 1.82) is 0 Å². The van der Waals surface area contributed by atoms with Crippen LogP contribution in [-0.2, 0) is 22.3 Å². The molecule has 5 aliphatic rings. The lowest BCUT2D eigenvalue weighted by Crippen LogP contribution is -2.38. The van der Waals surface area contributed by atoms with Crippen molar-refractivity contribution in [2.45, 2.75) is 57.8 Å². The fourth-order valence-corrected chi connectivity index (χ4v) is 5.88. The van der Waals surface area contributed by atoms with Gasteiger partial charge in [-0.05, 0) is 64.9 Å². The topological polar surface area (TPSA) is 85.1 Å². The number of alkyl halides is 3. The molecule has 14 heteroatoms. The van der Waals surface area contributed by atoms with Crippen LogP contribution in [-0.4, -0.2) is 100 Å². The minimum absolute atomic E-state index is 0. The highest BCUT2D eigenvalue weighted by Gasteiger charge is 2.43. The van der Waals surface area contributed by atoms with Crippen molar-refractivity contribution >= 4 is 24.0 Å². The van der Waals surface area contributed by atoms with E-state index in [1.165, 1.54) is 12.1 Å². The highest BCUT2D eigenvalue weighted by molar-refractivity contribution is 6.22. The molecule has 4 saturated heterocycles. The van der Waals surface area contributed by atoms with Crippen LogP contribution >= 0.6 is 12.4 Å². The van der Waals surface area contributed by atoms with Gasteiger partial charge in [-0.2, -0.15) is 13.2 Å². The number of carbonyl (C=O) groups is 2. The van der Waals surface area contributed by atoms with E-state index in [1.54, 1.807) is 6.20 Å². The van der Waals surface area contributed by atoms with Crippen LogP contribution in [0.5, 0.6) is 0 Å². The summed E-state index contributed by atoms with van der Waals surface area (Å²) in [5.74, 6) is -0.0849. The van der Waals surface area contributed by atoms with Gasteiger partial charge < -0.3 is 29.9 Å². The number of carbonyl (C=O) groups excluding carboxylic acids is 2. The molecular formula is C33H42ClF4N7O2. The number of imidazole rings is 1. The summed E-state index contributed by atoms with van der Waals surface area (Å²) in [7, 11) is 0. The van der Waals surface area contributed by atoms with Gasteiger partial charge in [0.15, 0.2) is 0 Å². The number of halogens is 5. The minimum atomic E-state index is -4.74. The number of allylic oxidation sites excluding steroid dienone is 1. The average molecular weight is 680 g/mol. The van der Waals surface area contributed by atoms with Gasteiger partial charge in [0.05, 0.1) is 17.0 Å². The summed E-state index contributed by atoms with van der Waals surface area (Å²) in [6.45, 7) is 14.8. The van der Waals surface area contributed by atoms with Crippen LogP contribution < -0.4 is 10.6 Å². The third-order valence-electron chi connectivity index (χ3n) is 8.58. The van der Waals surface area contributed by atoms with E-state index in [9.17, 15) is 27.2 Å². The van der Waals surface area contributed by atoms with Gasteiger partial charge >= 0.3 is 6.18 Å².